The Morgan fingerprint density at radius 1 is 0.786 bits per heavy atom. The third-order valence-electron chi connectivity index (χ3n) is 7.69. The van der Waals surface area contributed by atoms with Crippen LogP contribution in [-0.4, -0.2) is 96.5 Å². The predicted octanol–water partition coefficient (Wildman–Crippen LogP) is 3.34. The second kappa shape index (κ2) is 14.1. The molecule has 2 aliphatic rings. The van der Waals surface area contributed by atoms with Crippen LogP contribution in [0.5, 0.6) is 11.5 Å². The first-order chi connectivity index (χ1) is 20.6. The summed E-state index contributed by atoms with van der Waals surface area (Å²) in [4.78, 5) is 33.4. The molecule has 222 valence electrons. The van der Waals surface area contributed by atoms with Crippen molar-refractivity contribution in [2.75, 3.05) is 94.9 Å². The zero-order valence-electron chi connectivity index (χ0n) is 24.3. The van der Waals surface area contributed by atoms with Crippen molar-refractivity contribution in [3.8, 4) is 11.5 Å². The highest BCUT2D eigenvalue weighted by atomic mass is 16.5. The molecule has 10 heteroatoms. The number of ether oxygens (including phenoxy) is 3. The topological polar surface area (TPSA) is 95.6 Å². The van der Waals surface area contributed by atoms with Gasteiger partial charge in [0.2, 0.25) is 0 Å². The predicted molar refractivity (Wildman–Crippen MR) is 164 cm³/mol. The first kappa shape index (κ1) is 29.2. The van der Waals surface area contributed by atoms with Gasteiger partial charge in [-0.05, 0) is 48.5 Å². The Bertz CT molecular complexity index is 1370. The number of nitrogens with zero attached hydrogens (tertiary/aromatic N) is 3. The minimum absolute atomic E-state index is 0.164. The Kier molecular flexibility index (Phi) is 9.78. The van der Waals surface area contributed by atoms with Crippen molar-refractivity contribution in [3.05, 3.63) is 77.9 Å². The Morgan fingerprint density at radius 2 is 1.52 bits per heavy atom. The molecule has 2 amide bonds. The molecule has 3 aromatic rings. The fourth-order valence-corrected chi connectivity index (χ4v) is 5.37. The summed E-state index contributed by atoms with van der Waals surface area (Å²) in [6.45, 7) is 7.49. The Hall–Kier alpha value is -4.28. The highest BCUT2D eigenvalue weighted by Gasteiger charge is 2.24. The molecule has 2 heterocycles. The van der Waals surface area contributed by atoms with E-state index in [9.17, 15) is 9.59 Å². The fraction of sp³-hybridized carbons (Fsp3) is 0.375. The van der Waals surface area contributed by atoms with Gasteiger partial charge in [-0.1, -0.05) is 18.2 Å². The number of rotatable bonds is 10. The van der Waals surface area contributed by atoms with Crippen molar-refractivity contribution in [1.29, 1.82) is 0 Å². The highest BCUT2D eigenvalue weighted by Crippen LogP contribution is 2.31. The molecule has 2 aliphatic heterocycles. The van der Waals surface area contributed by atoms with Gasteiger partial charge in [0.25, 0.3) is 11.8 Å². The normalized spacial score (nSPS) is 15.7. The Labute approximate surface area is 247 Å². The number of piperazine rings is 1. The van der Waals surface area contributed by atoms with Crippen LogP contribution >= 0.6 is 0 Å². The van der Waals surface area contributed by atoms with E-state index in [1.54, 1.807) is 44.6 Å². The van der Waals surface area contributed by atoms with Gasteiger partial charge >= 0.3 is 0 Å². The van der Waals surface area contributed by atoms with Crippen molar-refractivity contribution in [2.45, 2.75) is 0 Å². The molecule has 0 radical (unpaired) electrons. The molecule has 3 aromatic carbocycles. The van der Waals surface area contributed by atoms with E-state index in [1.807, 2.05) is 30.3 Å². The average molecular weight is 574 g/mol. The summed E-state index contributed by atoms with van der Waals surface area (Å²) in [5.74, 6) is 1.02. The summed E-state index contributed by atoms with van der Waals surface area (Å²) in [7, 11) is 3.25. The smallest absolute Gasteiger partial charge is 0.255 e. The van der Waals surface area contributed by atoms with Gasteiger partial charge in [-0.3, -0.25) is 14.5 Å². The minimum atomic E-state index is -0.272. The van der Waals surface area contributed by atoms with Gasteiger partial charge in [0.15, 0.2) is 0 Å². The van der Waals surface area contributed by atoms with Gasteiger partial charge in [0.05, 0.1) is 38.7 Å². The maximum absolute atomic E-state index is 13.6. The number of morpholine rings is 1. The van der Waals surface area contributed by atoms with Gasteiger partial charge in [-0.2, -0.15) is 0 Å². The van der Waals surface area contributed by atoms with Crippen molar-refractivity contribution in [3.63, 3.8) is 0 Å². The van der Waals surface area contributed by atoms with Crippen molar-refractivity contribution < 1.29 is 23.8 Å². The van der Waals surface area contributed by atoms with Gasteiger partial charge in [-0.25, -0.2) is 0 Å². The third-order valence-corrected chi connectivity index (χ3v) is 7.69. The van der Waals surface area contributed by atoms with E-state index >= 15 is 0 Å². The molecule has 2 fully saturated rings. The molecule has 5 rings (SSSR count). The molecule has 42 heavy (non-hydrogen) atoms. The van der Waals surface area contributed by atoms with Crippen LogP contribution < -0.4 is 29.9 Å². The summed E-state index contributed by atoms with van der Waals surface area (Å²) in [6, 6.07) is 20.6. The first-order valence-electron chi connectivity index (χ1n) is 14.4. The third kappa shape index (κ3) is 7.13. The van der Waals surface area contributed by atoms with Crippen LogP contribution in [0.3, 0.4) is 0 Å². The average Bonchev–Trinajstić information content (AvgIpc) is 3.05. The molecule has 0 unspecified atom stereocenters. The maximum atomic E-state index is 13.6. The molecule has 0 aliphatic carbocycles. The number of hydrogen-bond acceptors (Lipinski definition) is 8. The molecule has 2 saturated heterocycles. The van der Waals surface area contributed by atoms with E-state index in [0.29, 0.717) is 42.3 Å². The van der Waals surface area contributed by atoms with E-state index in [1.165, 1.54) is 0 Å². The second-order valence-electron chi connectivity index (χ2n) is 10.3. The Morgan fingerprint density at radius 3 is 2.26 bits per heavy atom. The molecular formula is C32H39N5O5. The number of carbonyl (C=O) groups excluding carboxylic acids is 2. The number of anilines is 3. The molecular weight excluding hydrogens is 534 g/mol. The lowest BCUT2D eigenvalue weighted by Gasteiger charge is -2.38. The second-order valence-corrected chi connectivity index (χ2v) is 10.3. The van der Waals surface area contributed by atoms with Crippen LogP contribution in [0.25, 0.3) is 0 Å². The summed E-state index contributed by atoms with van der Waals surface area (Å²) in [5.41, 5.74) is 3.47. The van der Waals surface area contributed by atoms with Gasteiger partial charge in [-0.15, -0.1) is 0 Å². The summed E-state index contributed by atoms with van der Waals surface area (Å²) < 4.78 is 16.3. The number of amides is 2. The molecule has 0 spiro atoms. The number of benzene rings is 3. The molecule has 0 saturated carbocycles. The number of hydrogen-bond donors (Lipinski definition) is 2. The largest absolute Gasteiger partial charge is 0.497 e. The van der Waals surface area contributed by atoms with Crippen molar-refractivity contribution >= 4 is 28.9 Å². The van der Waals surface area contributed by atoms with Crippen LogP contribution in [0.4, 0.5) is 17.1 Å². The van der Waals surface area contributed by atoms with E-state index < -0.39 is 0 Å². The van der Waals surface area contributed by atoms with Crippen LogP contribution in [-0.2, 0) is 4.74 Å². The monoisotopic (exact) mass is 573 g/mol. The van der Waals surface area contributed by atoms with Crippen LogP contribution in [0.1, 0.15) is 20.7 Å². The van der Waals surface area contributed by atoms with Crippen LogP contribution in [0.2, 0.25) is 0 Å². The number of para-hydroxylation sites is 2. The summed E-state index contributed by atoms with van der Waals surface area (Å²) in [6.07, 6.45) is 0. The summed E-state index contributed by atoms with van der Waals surface area (Å²) in [5, 5.41) is 6.05. The van der Waals surface area contributed by atoms with Gasteiger partial charge < -0.3 is 34.6 Å². The van der Waals surface area contributed by atoms with Gasteiger partial charge in [0.1, 0.15) is 11.5 Å². The highest BCUT2D eigenvalue weighted by molar-refractivity contribution is 6.06. The van der Waals surface area contributed by atoms with E-state index in [0.717, 1.165) is 62.9 Å². The minimum Gasteiger partial charge on any atom is -0.497 e. The van der Waals surface area contributed by atoms with E-state index in [-0.39, 0.29) is 11.8 Å². The Balaban J connectivity index is 1.32. The van der Waals surface area contributed by atoms with Crippen molar-refractivity contribution in [2.24, 2.45) is 0 Å². The van der Waals surface area contributed by atoms with E-state index in [2.05, 4.69) is 31.4 Å². The molecule has 0 aromatic heterocycles. The zero-order chi connectivity index (χ0) is 29.3. The van der Waals surface area contributed by atoms with E-state index in [4.69, 9.17) is 14.2 Å². The lowest BCUT2D eigenvalue weighted by Crippen LogP contribution is -2.47. The zero-order valence-corrected chi connectivity index (χ0v) is 24.3. The van der Waals surface area contributed by atoms with Crippen LogP contribution in [0, 0.1) is 0 Å². The number of carbonyl (C=O) groups is 2. The standard InChI is InChI=1S/C32H39N5O5/c1-40-26-7-5-6-24(22-26)31(38)34-25-10-11-28(27(23-25)32(39)33-12-13-35-18-20-42-21-19-35)36-14-16-37(17-15-36)29-8-3-4-9-30(29)41-2/h3-11,22-23H,12-21H2,1-2H3,(H,33,39)(H,34,38). The quantitative estimate of drug-likeness (QED) is 0.382. The fourth-order valence-electron chi connectivity index (χ4n) is 5.37. The molecule has 0 atom stereocenters. The van der Waals surface area contributed by atoms with Gasteiger partial charge in [0, 0.05) is 69.3 Å². The molecule has 2 N–H and O–H groups in total. The van der Waals surface area contributed by atoms with Crippen molar-refractivity contribution in [1.82, 2.24) is 10.2 Å². The lowest BCUT2D eigenvalue weighted by molar-refractivity contribution is 0.0383. The number of nitrogens with one attached hydrogen (secondary N) is 2. The first-order valence-corrected chi connectivity index (χ1v) is 14.4. The molecule has 10 nitrogen and oxygen atoms in total. The molecule has 0 bridgehead atoms. The van der Waals surface area contributed by atoms with Crippen LogP contribution in [0.15, 0.2) is 66.7 Å². The summed E-state index contributed by atoms with van der Waals surface area (Å²) >= 11 is 0. The number of methoxy groups -OCH3 is 2. The maximum Gasteiger partial charge on any atom is 0.255 e. The lowest BCUT2D eigenvalue weighted by atomic mass is 10.1. The SMILES string of the molecule is COc1cccc(C(=O)Nc2ccc(N3CCN(c4ccccc4OC)CC3)c(C(=O)NCCN3CCOCC3)c2)c1.